The van der Waals surface area contributed by atoms with Crippen molar-refractivity contribution in [3.8, 4) is 0 Å². The summed E-state index contributed by atoms with van der Waals surface area (Å²) in [4.78, 5) is 12.2. The molecule has 1 aliphatic rings. The Labute approximate surface area is 125 Å². The summed E-state index contributed by atoms with van der Waals surface area (Å²) in [7, 11) is 0. The molecule has 0 saturated heterocycles. The van der Waals surface area contributed by atoms with Gasteiger partial charge >= 0.3 is 0 Å². The first-order valence-electron chi connectivity index (χ1n) is 6.29. The lowest BCUT2D eigenvalue weighted by molar-refractivity contribution is 0.0201. The second-order valence-electron chi connectivity index (χ2n) is 5.53. The third-order valence-electron chi connectivity index (χ3n) is 4.11. The fourth-order valence-corrected chi connectivity index (χ4v) is 3.23. The van der Waals surface area contributed by atoms with Crippen molar-refractivity contribution >= 4 is 34.4 Å². The van der Waals surface area contributed by atoms with E-state index in [1.165, 1.54) is 0 Å². The molecule has 108 valence electrons. The number of aliphatic hydroxyl groups is 2. The molecule has 2 N–H and O–H groups in total. The number of rotatable bonds is 2. The van der Waals surface area contributed by atoms with Crippen LogP contribution >= 0.6 is 23.2 Å². The van der Waals surface area contributed by atoms with Crippen LogP contribution in [0.3, 0.4) is 0 Å². The number of hydrogen-bond donors (Lipinski definition) is 2. The van der Waals surface area contributed by atoms with E-state index in [9.17, 15) is 10.2 Å². The Morgan fingerprint density at radius 3 is 2.85 bits per heavy atom. The maximum Gasteiger partial charge on any atom is 0.225 e. The molecule has 0 amide bonds. The van der Waals surface area contributed by atoms with Gasteiger partial charge in [-0.15, -0.1) is 0 Å². The first kappa shape index (κ1) is 14.0. The van der Waals surface area contributed by atoms with Crippen LogP contribution in [0, 0.1) is 5.41 Å². The zero-order valence-corrected chi connectivity index (χ0v) is 12.3. The van der Waals surface area contributed by atoms with E-state index in [-0.39, 0.29) is 23.1 Å². The Hall–Kier alpha value is -0.950. The lowest BCUT2D eigenvalue weighted by Gasteiger charge is -2.24. The minimum atomic E-state index is -0.567. The maximum absolute atomic E-state index is 10.1. The van der Waals surface area contributed by atoms with Crippen LogP contribution in [0.2, 0.25) is 10.4 Å². The molecule has 2 aromatic heterocycles. The minimum absolute atomic E-state index is 0.00539. The van der Waals surface area contributed by atoms with Gasteiger partial charge in [-0.25, -0.2) is 9.97 Å². The lowest BCUT2D eigenvalue weighted by atomic mass is 9.87. The second-order valence-corrected chi connectivity index (χ2v) is 6.23. The van der Waals surface area contributed by atoms with Crippen LogP contribution in [0.5, 0.6) is 0 Å². The molecule has 0 bridgehead atoms. The molecule has 0 aromatic carbocycles. The molecule has 6 nitrogen and oxygen atoms in total. The Kier molecular flexibility index (Phi) is 3.36. The van der Waals surface area contributed by atoms with Crippen LogP contribution in [0.25, 0.3) is 11.2 Å². The van der Waals surface area contributed by atoms with E-state index >= 15 is 0 Å². The molecular formula is C12H14Cl2N4O2. The summed E-state index contributed by atoms with van der Waals surface area (Å²) in [5.74, 6) is 0. The van der Waals surface area contributed by atoms with Crippen LogP contribution in [-0.2, 0) is 0 Å². The van der Waals surface area contributed by atoms with Gasteiger partial charge in [-0.3, -0.25) is 0 Å². The average molecular weight is 317 g/mol. The molecule has 0 aliphatic heterocycles. The zero-order chi connectivity index (χ0) is 14.5. The van der Waals surface area contributed by atoms with Crippen LogP contribution < -0.4 is 0 Å². The SMILES string of the molecule is C[C@]1(CO)C[C@@H](n2cnc3c(Cl)nc(Cl)nc32)C[C@@H]1O. The van der Waals surface area contributed by atoms with Gasteiger partial charge in [0, 0.05) is 11.5 Å². The highest BCUT2D eigenvalue weighted by Gasteiger charge is 2.43. The summed E-state index contributed by atoms with van der Waals surface area (Å²) >= 11 is 11.8. The first-order chi connectivity index (χ1) is 9.44. The number of aromatic nitrogens is 4. The molecule has 1 aliphatic carbocycles. The number of nitrogens with zero attached hydrogens (tertiary/aromatic N) is 4. The van der Waals surface area contributed by atoms with Crippen LogP contribution in [0.4, 0.5) is 0 Å². The molecule has 2 heterocycles. The van der Waals surface area contributed by atoms with Gasteiger partial charge in [-0.05, 0) is 24.4 Å². The Morgan fingerprint density at radius 1 is 1.45 bits per heavy atom. The summed E-state index contributed by atoms with van der Waals surface area (Å²) in [6.07, 6.45) is 2.22. The number of fused-ring (bicyclic) bond motifs is 1. The summed E-state index contributed by atoms with van der Waals surface area (Å²) < 4.78 is 1.85. The van der Waals surface area contributed by atoms with E-state index in [1.807, 2.05) is 11.5 Å². The predicted octanol–water partition coefficient (Wildman–Crippen LogP) is 1.83. The van der Waals surface area contributed by atoms with Gasteiger partial charge < -0.3 is 14.8 Å². The highest BCUT2D eigenvalue weighted by Crippen LogP contribution is 2.44. The van der Waals surface area contributed by atoms with E-state index in [2.05, 4.69) is 15.0 Å². The highest BCUT2D eigenvalue weighted by molar-refractivity contribution is 6.35. The maximum atomic E-state index is 10.1. The molecule has 0 unspecified atom stereocenters. The zero-order valence-electron chi connectivity index (χ0n) is 10.8. The molecule has 20 heavy (non-hydrogen) atoms. The van der Waals surface area contributed by atoms with Crippen LogP contribution in [-0.4, -0.2) is 42.4 Å². The lowest BCUT2D eigenvalue weighted by Crippen LogP contribution is -2.30. The topological polar surface area (TPSA) is 84.1 Å². The van der Waals surface area contributed by atoms with Crippen molar-refractivity contribution in [1.29, 1.82) is 0 Å². The molecular weight excluding hydrogens is 303 g/mol. The van der Waals surface area contributed by atoms with Gasteiger partial charge in [0.15, 0.2) is 10.8 Å². The summed E-state index contributed by atoms with van der Waals surface area (Å²) in [5.41, 5.74) is 0.527. The van der Waals surface area contributed by atoms with Gasteiger partial charge in [0.1, 0.15) is 5.52 Å². The van der Waals surface area contributed by atoms with Crippen LogP contribution in [0.15, 0.2) is 6.33 Å². The number of halogens is 2. The fraction of sp³-hybridized carbons (Fsp3) is 0.583. The normalized spacial score (nSPS) is 30.2. The van der Waals surface area contributed by atoms with Crippen molar-refractivity contribution in [2.24, 2.45) is 5.41 Å². The molecule has 3 rings (SSSR count). The fourth-order valence-electron chi connectivity index (χ4n) is 2.81. The van der Waals surface area contributed by atoms with E-state index in [0.717, 1.165) is 0 Å². The van der Waals surface area contributed by atoms with Crippen molar-refractivity contribution in [2.45, 2.75) is 31.9 Å². The van der Waals surface area contributed by atoms with Gasteiger partial charge in [0.2, 0.25) is 5.28 Å². The van der Waals surface area contributed by atoms with E-state index in [0.29, 0.717) is 24.0 Å². The molecule has 0 spiro atoms. The Bertz CT molecular complexity index is 662. The smallest absolute Gasteiger partial charge is 0.225 e. The molecule has 2 aromatic rings. The van der Waals surface area contributed by atoms with E-state index in [1.54, 1.807) is 6.33 Å². The van der Waals surface area contributed by atoms with Crippen molar-refractivity contribution in [3.05, 3.63) is 16.8 Å². The molecule has 3 atom stereocenters. The summed E-state index contributed by atoms with van der Waals surface area (Å²) in [6, 6.07) is -0.00539. The molecule has 8 heteroatoms. The Balaban J connectivity index is 2.04. The van der Waals surface area contributed by atoms with E-state index in [4.69, 9.17) is 23.2 Å². The third kappa shape index (κ3) is 2.07. The van der Waals surface area contributed by atoms with Gasteiger partial charge in [-0.1, -0.05) is 18.5 Å². The van der Waals surface area contributed by atoms with Crippen LogP contribution in [0.1, 0.15) is 25.8 Å². The third-order valence-corrected chi connectivity index (χ3v) is 4.54. The Morgan fingerprint density at radius 2 is 2.20 bits per heavy atom. The minimum Gasteiger partial charge on any atom is -0.396 e. The van der Waals surface area contributed by atoms with Crippen molar-refractivity contribution in [3.63, 3.8) is 0 Å². The predicted molar refractivity (Wildman–Crippen MR) is 74.8 cm³/mol. The first-order valence-corrected chi connectivity index (χ1v) is 7.05. The number of imidazole rings is 1. The van der Waals surface area contributed by atoms with Gasteiger partial charge in [0.05, 0.1) is 19.0 Å². The molecule has 1 saturated carbocycles. The van der Waals surface area contributed by atoms with Crippen molar-refractivity contribution in [1.82, 2.24) is 19.5 Å². The standard InChI is InChI=1S/C12H14Cl2N4O2/c1-12(4-19)3-6(2-7(12)20)18-5-15-8-9(13)16-11(14)17-10(8)18/h5-7,19-20H,2-4H2,1H3/t6-,7-,12+/m0/s1. The number of aliphatic hydroxyl groups excluding tert-OH is 2. The van der Waals surface area contributed by atoms with Crippen molar-refractivity contribution < 1.29 is 10.2 Å². The quantitative estimate of drug-likeness (QED) is 0.652. The van der Waals surface area contributed by atoms with Crippen molar-refractivity contribution in [2.75, 3.05) is 6.61 Å². The van der Waals surface area contributed by atoms with E-state index < -0.39 is 11.5 Å². The number of hydrogen-bond acceptors (Lipinski definition) is 5. The van der Waals surface area contributed by atoms with Gasteiger partial charge in [0.25, 0.3) is 0 Å². The molecule has 1 fully saturated rings. The summed E-state index contributed by atoms with van der Waals surface area (Å²) in [6.45, 7) is 1.81. The monoisotopic (exact) mass is 316 g/mol. The second kappa shape index (κ2) is 4.80. The highest BCUT2D eigenvalue weighted by atomic mass is 35.5. The summed E-state index contributed by atoms with van der Waals surface area (Å²) in [5, 5.41) is 19.9. The average Bonchev–Trinajstić information content (AvgIpc) is 2.92. The molecule has 0 radical (unpaired) electrons. The largest absolute Gasteiger partial charge is 0.396 e. The van der Waals surface area contributed by atoms with Gasteiger partial charge in [-0.2, -0.15) is 4.98 Å².